The summed E-state index contributed by atoms with van der Waals surface area (Å²) in [6.45, 7) is 0. The minimum Gasteiger partial charge on any atom is -0.459 e. The maximum atomic E-state index is 13.3. The van der Waals surface area contributed by atoms with Gasteiger partial charge in [0.2, 0.25) is 0 Å². The molecule has 1 aromatic heterocycles. The van der Waals surface area contributed by atoms with Crippen LogP contribution in [0.15, 0.2) is 41.0 Å². The number of anilines is 1. The third kappa shape index (κ3) is 2.23. The van der Waals surface area contributed by atoms with Gasteiger partial charge in [0.05, 0.1) is 12.0 Å². The summed E-state index contributed by atoms with van der Waals surface area (Å²) in [4.78, 5) is 11.5. The van der Waals surface area contributed by atoms with Crippen molar-refractivity contribution in [2.75, 3.05) is 5.32 Å². The first-order valence-corrected chi connectivity index (χ1v) is 4.84. The molecule has 1 aromatic carbocycles. The summed E-state index contributed by atoms with van der Waals surface area (Å²) in [6, 6.07) is 7.07. The van der Waals surface area contributed by atoms with Crippen molar-refractivity contribution >= 4 is 23.2 Å². The number of hydrogen-bond donors (Lipinski definition) is 1. The third-order valence-corrected chi connectivity index (χ3v) is 2.16. The smallest absolute Gasteiger partial charge is 0.291 e. The highest BCUT2D eigenvalue weighted by molar-refractivity contribution is 6.30. The lowest BCUT2D eigenvalue weighted by molar-refractivity contribution is 0.0996. The number of carbonyl (C=O) groups is 1. The van der Waals surface area contributed by atoms with Crippen LogP contribution in [0.4, 0.5) is 10.1 Å². The molecule has 0 atom stereocenters. The monoisotopic (exact) mass is 239 g/mol. The third-order valence-electron chi connectivity index (χ3n) is 1.92. The van der Waals surface area contributed by atoms with Gasteiger partial charge in [-0.1, -0.05) is 11.6 Å². The topological polar surface area (TPSA) is 42.2 Å². The quantitative estimate of drug-likeness (QED) is 0.874. The lowest BCUT2D eigenvalue weighted by Gasteiger charge is -2.04. The first-order valence-electron chi connectivity index (χ1n) is 4.47. The van der Waals surface area contributed by atoms with Crippen molar-refractivity contribution in [3.63, 3.8) is 0 Å². The second-order valence-corrected chi connectivity index (χ2v) is 3.49. The molecular formula is C11H7ClFNO2. The summed E-state index contributed by atoms with van der Waals surface area (Å²) in [5.41, 5.74) is 0.0609. The van der Waals surface area contributed by atoms with E-state index in [9.17, 15) is 9.18 Å². The standard InChI is InChI=1S/C11H7ClFNO2/c12-7-3-4-9(8(13)6-7)14-11(15)10-2-1-5-16-10/h1-6H,(H,14,15). The molecular weight excluding hydrogens is 233 g/mol. The molecule has 0 fully saturated rings. The highest BCUT2D eigenvalue weighted by atomic mass is 35.5. The van der Waals surface area contributed by atoms with E-state index in [1.54, 1.807) is 6.07 Å². The van der Waals surface area contributed by atoms with Crippen molar-refractivity contribution in [1.82, 2.24) is 0 Å². The van der Waals surface area contributed by atoms with Crippen LogP contribution in [0.25, 0.3) is 0 Å². The molecule has 0 aliphatic heterocycles. The largest absolute Gasteiger partial charge is 0.459 e. The first-order chi connectivity index (χ1) is 7.66. The molecule has 0 saturated heterocycles. The summed E-state index contributed by atoms with van der Waals surface area (Å²) >= 11 is 5.58. The Morgan fingerprint density at radius 2 is 2.19 bits per heavy atom. The molecule has 0 bridgehead atoms. The van der Waals surface area contributed by atoms with E-state index in [4.69, 9.17) is 16.0 Å². The van der Waals surface area contributed by atoms with Gasteiger partial charge in [-0.2, -0.15) is 0 Å². The molecule has 5 heteroatoms. The molecule has 0 aliphatic rings. The Kier molecular flexibility index (Phi) is 2.92. The molecule has 1 heterocycles. The number of halogens is 2. The van der Waals surface area contributed by atoms with E-state index < -0.39 is 11.7 Å². The van der Waals surface area contributed by atoms with Crippen molar-refractivity contribution in [2.45, 2.75) is 0 Å². The molecule has 3 nitrogen and oxygen atoms in total. The van der Waals surface area contributed by atoms with Crippen molar-refractivity contribution in [3.05, 3.63) is 53.2 Å². The molecule has 2 aromatic rings. The van der Waals surface area contributed by atoms with Gasteiger partial charge in [-0.15, -0.1) is 0 Å². The minimum atomic E-state index is -0.590. The molecule has 82 valence electrons. The number of benzene rings is 1. The molecule has 0 radical (unpaired) electrons. The second-order valence-electron chi connectivity index (χ2n) is 3.06. The molecule has 1 amide bonds. The van der Waals surface area contributed by atoms with Gasteiger partial charge in [-0.3, -0.25) is 4.79 Å². The van der Waals surface area contributed by atoms with E-state index in [0.717, 1.165) is 6.07 Å². The van der Waals surface area contributed by atoms with E-state index >= 15 is 0 Å². The van der Waals surface area contributed by atoms with Crippen molar-refractivity contribution in [2.24, 2.45) is 0 Å². The lowest BCUT2D eigenvalue weighted by Crippen LogP contribution is -2.11. The Hall–Kier alpha value is -1.81. The average molecular weight is 240 g/mol. The van der Waals surface area contributed by atoms with Gasteiger partial charge in [0, 0.05) is 5.02 Å². The van der Waals surface area contributed by atoms with Gasteiger partial charge in [0.25, 0.3) is 5.91 Å². The van der Waals surface area contributed by atoms with Crippen LogP contribution in [-0.4, -0.2) is 5.91 Å². The minimum absolute atomic E-state index is 0.0609. The molecule has 0 saturated carbocycles. The number of rotatable bonds is 2. The molecule has 0 aliphatic carbocycles. The van der Waals surface area contributed by atoms with Crippen LogP contribution < -0.4 is 5.32 Å². The fourth-order valence-corrected chi connectivity index (χ4v) is 1.34. The van der Waals surface area contributed by atoms with E-state index in [0.29, 0.717) is 0 Å². The molecule has 1 N–H and O–H groups in total. The number of furan rings is 1. The van der Waals surface area contributed by atoms with Crippen LogP contribution in [0, 0.1) is 5.82 Å². The van der Waals surface area contributed by atoms with Crippen LogP contribution in [0.2, 0.25) is 5.02 Å². The van der Waals surface area contributed by atoms with Crippen molar-refractivity contribution in [1.29, 1.82) is 0 Å². The maximum absolute atomic E-state index is 13.3. The zero-order valence-corrected chi connectivity index (χ0v) is 8.79. The van der Waals surface area contributed by atoms with Crippen molar-refractivity contribution < 1.29 is 13.6 Å². The maximum Gasteiger partial charge on any atom is 0.291 e. The van der Waals surface area contributed by atoms with Gasteiger partial charge in [-0.25, -0.2) is 4.39 Å². The van der Waals surface area contributed by atoms with Crippen molar-refractivity contribution in [3.8, 4) is 0 Å². The number of hydrogen-bond acceptors (Lipinski definition) is 2. The van der Waals surface area contributed by atoms with Crippen LogP contribution in [0.3, 0.4) is 0 Å². The first kappa shape index (κ1) is 10.7. The normalized spacial score (nSPS) is 10.1. The SMILES string of the molecule is O=C(Nc1ccc(Cl)cc1F)c1ccco1. The van der Waals surface area contributed by atoms with Gasteiger partial charge in [0.15, 0.2) is 5.76 Å². The Balaban J connectivity index is 2.18. The molecule has 2 rings (SSSR count). The van der Waals surface area contributed by atoms with Crippen LogP contribution in [0.1, 0.15) is 10.6 Å². The van der Waals surface area contributed by atoms with Gasteiger partial charge in [-0.05, 0) is 30.3 Å². The van der Waals surface area contributed by atoms with E-state index in [1.807, 2.05) is 0 Å². The zero-order chi connectivity index (χ0) is 11.5. The van der Waals surface area contributed by atoms with E-state index in [1.165, 1.54) is 24.5 Å². The highest BCUT2D eigenvalue weighted by Crippen LogP contribution is 2.19. The average Bonchev–Trinajstić information content (AvgIpc) is 2.75. The zero-order valence-electron chi connectivity index (χ0n) is 8.04. The van der Waals surface area contributed by atoms with E-state index in [2.05, 4.69) is 5.32 Å². The second kappa shape index (κ2) is 4.37. The predicted molar refractivity (Wildman–Crippen MR) is 58.1 cm³/mol. The number of amides is 1. The Labute approximate surface area is 95.8 Å². The van der Waals surface area contributed by atoms with Crippen LogP contribution in [0.5, 0.6) is 0 Å². The van der Waals surface area contributed by atoms with Gasteiger partial charge < -0.3 is 9.73 Å². The highest BCUT2D eigenvalue weighted by Gasteiger charge is 2.11. The van der Waals surface area contributed by atoms with Crippen LogP contribution >= 0.6 is 11.6 Å². The Bertz CT molecular complexity index is 511. The molecule has 0 unspecified atom stereocenters. The summed E-state index contributed by atoms with van der Waals surface area (Å²) in [7, 11) is 0. The van der Waals surface area contributed by atoms with Gasteiger partial charge in [0.1, 0.15) is 5.82 Å². The summed E-state index contributed by atoms with van der Waals surface area (Å²) in [5, 5.41) is 2.65. The Morgan fingerprint density at radius 3 is 2.81 bits per heavy atom. The Morgan fingerprint density at radius 1 is 1.38 bits per heavy atom. The van der Waals surface area contributed by atoms with E-state index in [-0.39, 0.29) is 16.5 Å². The van der Waals surface area contributed by atoms with Gasteiger partial charge >= 0.3 is 0 Å². The number of carbonyl (C=O) groups excluding carboxylic acids is 1. The fourth-order valence-electron chi connectivity index (χ4n) is 1.18. The predicted octanol–water partition coefficient (Wildman–Crippen LogP) is 3.32. The summed E-state index contributed by atoms with van der Waals surface area (Å²) in [6.07, 6.45) is 1.37. The number of nitrogens with one attached hydrogen (secondary N) is 1. The fraction of sp³-hybridized carbons (Fsp3) is 0. The summed E-state index contributed by atoms with van der Waals surface area (Å²) < 4.78 is 18.2. The summed E-state index contributed by atoms with van der Waals surface area (Å²) in [5.74, 6) is -0.979. The van der Waals surface area contributed by atoms with Crippen LogP contribution in [-0.2, 0) is 0 Å². The lowest BCUT2D eigenvalue weighted by atomic mass is 10.3. The molecule has 0 spiro atoms. The molecule has 16 heavy (non-hydrogen) atoms.